The van der Waals surface area contributed by atoms with Crippen molar-refractivity contribution in [1.29, 1.82) is 0 Å². The van der Waals surface area contributed by atoms with Gasteiger partial charge in [-0.3, -0.25) is 15.1 Å². The zero-order valence-corrected chi connectivity index (χ0v) is 15.8. The van der Waals surface area contributed by atoms with Crippen LogP contribution in [-0.4, -0.2) is 19.9 Å². The van der Waals surface area contributed by atoms with E-state index in [0.717, 1.165) is 15.4 Å². The maximum absolute atomic E-state index is 11.7. The van der Waals surface area contributed by atoms with Crippen LogP contribution in [0.25, 0.3) is 10.9 Å². The number of rotatable bonds is 5. The highest BCUT2D eigenvalue weighted by molar-refractivity contribution is 9.10. The molecular formula is C19H12BrN5O3. The van der Waals surface area contributed by atoms with Gasteiger partial charge in [-0.05, 0) is 48.5 Å². The van der Waals surface area contributed by atoms with E-state index in [1.807, 2.05) is 18.2 Å². The van der Waals surface area contributed by atoms with E-state index < -0.39 is 4.92 Å². The van der Waals surface area contributed by atoms with Crippen molar-refractivity contribution in [2.75, 3.05) is 5.32 Å². The summed E-state index contributed by atoms with van der Waals surface area (Å²) in [5.41, 5.74) is 1.05. The summed E-state index contributed by atoms with van der Waals surface area (Å²) in [6.45, 7) is 0. The molecule has 0 aliphatic rings. The fourth-order valence-corrected chi connectivity index (χ4v) is 2.91. The molecule has 0 aliphatic carbocycles. The number of hydrogen-bond donors (Lipinski definition) is 1. The van der Waals surface area contributed by atoms with Crippen molar-refractivity contribution in [3.05, 3.63) is 81.7 Å². The number of anilines is 2. The molecule has 2 aromatic heterocycles. The Kier molecular flexibility index (Phi) is 4.81. The Morgan fingerprint density at radius 2 is 1.82 bits per heavy atom. The predicted octanol–water partition coefficient (Wildman–Crippen LogP) is 5.23. The van der Waals surface area contributed by atoms with Crippen LogP contribution in [0.1, 0.15) is 0 Å². The topological polar surface area (TPSA) is 103 Å². The van der Waals surface area contributed by atoms with Crippen LogP contribution in [0, 0.1) is 10.1 Å². The summed E-state index contributed by atoms with van der Waals surface area (Å²) >= 11 is 3.33. The summed E-state index contributed by atoms with van der Waals surface area (Å²) in [5, 5.41) is 15.6. The Labute approximate surface area is 167 Å². The average Bonchev–Trinajstić information content (AvgIpc) is 2.70. The van der Waals surface area contributed by atoms with Crippen molar-refractivity contribution in [2.45, 2.75) is 0 Å². The lowest BCUT2D eigenvalue weighted by atomic mass is 10.2. The molecule has 28 heavy (non-hydrogen) atoms. The third kappa shape index (κ3) is 3.60. The SMILES string of the molecule is O=[N+]([O-])c1c(Nc2cccc3ncccc23)ncnc1Oc1ccc(Br)cc1. The largest absolute Gasteiger partial charge is 0.434 e. The van der Waals surface area contributed by atoms with Crippen molar-refractivity contribution < 1.29 is 9.66 Å². The van der Waals surface area contributed by atoms with E-state index in [2.05, 4.69) is 36.2 Å². The number of aromatic nitrogens is 3. The smallest absolute Gasteiger partial charge is 0.373 e. The summed E-state index contributed by atoms with van der Waals surface area (Å²) in [7, 11) is 0. The summed E-state index contributed by atoms with van der Waals surface area (Å²) in [5.74, 6) is 0.303. The average molecular weight is 438 g/mol. The number of hydrogen-bond acceptors (Lipinski definition) is 7. The number of fused-ring (bicyclic) bond motifs is 1. The van der Waals surface area contributed by atoms with E-state index in [-0.39, 0.29) is 17.4 Å². The second-order valence-electron chi connectivity index (χ2n) is 5.69. The molecule has 0 amide bonds. The first-order valence-electron chi connectivity index (χ1n) is 8.15. The molecule has 0 radical (unpaired) electrons. The van der Waals surface area contributed by atoms with E-state index in [4.69, 9.17) is 4.74 Å². The van der Waals surface area contributed by atoms with Crippen LogP contribution in [-0.2, 0) is 0 Å². The molecule has 2 aromatic carbocycles. The lowest BCUT2D eigenvalue weighted by molar-refractivity contribution is -0.385. The maximum atomic E-state index is 11.7. The number of ether oxygens (including phenoxy) is 1. The number of nitro groups is 1. The van der Waals surface area contributed by atoms with Gasteiger partial charge in [0.2, 0.25) is 5.82 Å². The molecule has 9 heteroatoms. The highest BCUT2D eigenvalue weighted by Crippen LogP contribution is 2.36. The fraction of sp³-hybridized carbons (Fsp3) is 0. The van der Waals surface area contributed by atoms with E-state index in [1.54, 1.807) is 42.6 Å². The summed E-state index contributed by atoms with van der Waals surface area (Å²) in [6.07, 6.45) is 2.90. The normalized spacial score (nSPS) is 10.6. The van der Waals surface area contributed by atoms with E-state index in [0.29, 0.717) is 11.4 Å². The standard InChI is InChI=1S/C19H12BrN5O3/c20-12-6-8-13(9-7-12)28-19-17(25(26)27)18(22-11-23-19)24-16-5-1-4-15-14(16)3-2-10-21-15/h1-11H,(H,22,23,24). The summed E-state index contributed by atoms with van der Waals surface area (Å²) in [6, 6.07) is 16.0. The quantitative estimate of drug-likeness (QED) is 0.336. The van der Waals surface area contributed by atoms with Gasteiger partial charge in [-0.15, -0.1) is 0 Å². The van der Waals surface area contributed by atoms with Crippen LogP contribution in [0.4, 0.5) is 17.2 Å². The molecule has 0 saturated carbocycles. The van der Waals surface area contributed by atoms with Crippen molar-refractivity contribution >= 4 is 44.0 Å². The van der Waals surface area contributed by atoms with Crippen molar-refractivity contribution in [2.24, 2.45) is 0 Å². The van der Waals surface area contributed by atoms with Gasteiger partial charge in [0.25, 0.3) is 0 Å². The highest BCUT2D eigenvalue weighted by atomic mass is 79.9. The molecule has 4 rings (SSSR count). The molecule has 0 aliphatic heterocycles. The van der Waals surface area contributed by atoms with Crippen LogP contribution in [0.3, 0.4) is 0 Å². The lowest BCUT2D eigenvalue weighted by Gasteiger charge is -2.11. The van der Waals surface area contributed by atoms with Gasteiger partial charge in [0, 0.05) is 21.7 Å². The summed E-state index contributed by atoms with van der Waals surface area (Å²) < 4.78 is 6.49. The predicted molar refractivity (Wildman–Crippen MR) is 108 cm³/mol. The van der Waals surface area contributed by atoms with Gasteiger partial charge in [0.05, 0.1) is 10.4 Å². The van der Waals surface area contributed by atoms with Gasteiger partial charge in [-0.25, -0.2) is 4.98 Å². The molecule has 0 atom stereocenters. The number of halogens is 1. The molecule has 8 nitrogen and oxygen atoms in total. The zero-order chi connectivity index (χ0) is 19.5. The lowest BCUT2D eigenvalue weighted by Crippen LogP contribution is -2.04. The Hall–Kier alpha value is -3.59. The first-order chi connectivity index (χ1) is 13.6. The van der Waals surface area contributed by atoms with Crippen LogP contribution in [0.2, 0.25) is 0 Å². The van der Waals surface area contributed by atoms with E-state index in [1.165, 1.54) is 6.33 Å². The third-order valence-corrected chi connectivity index (χ3v) is 4.43. The molecule has 2 heterocycles. The minimum absolute atomic E-state index is 0.0310. The third-order valence-electron chi connectivity index (χ3n) is 3.90. The van der Waals surface area contributed by atoms with E-state index >= 15 is 0 Å². The van der Waals surface area contributed by atoms with Crippen LogP contribution in [0.5, 0.6) is 11.6 Å². The molecule has 0 bridgehead atoms. The Bertz CT molecular complexity index is 1160. The molecule has 1 N–H and O–H groups in total. The summed E-state index contributed by atoms with van der Waals surface area (Å²) in [4.78, 5) is 23.4. The van der Waals surface area contributed by atoms with Gasteiger partial charge >= 0.3 is 11.6 Å². The van der Waals surface area contributed by atoms with Crippen molar-refractivity contribution in [1.82, 2.24) is 15.0 Å². The monoisotopic (exact) mass is 437 g/mol. The zero-order valence-electron chi connectivity index (χ0n) is 14.2. The second-order valence-corrected chi connectivity index (χ2v) is 6.61. The fourth-order valence-electron chi connectivity index (χ4n) is 2.65. The molecule has 0 spiro atoms. The Balaban J connectivity index is 1.74. The number of benzene rings is 2. The number of nitrogens with zero attached hydrogens (tertiary/aromatic N) is 4. The second kappa shape index (κ2) is 7.57. The Morgan fingerprint density at radius 3 is 2.61 bits per heavy atom. The van der Waals surface area contributed by atoms with Crippen molar-refractivity contribution in [3.63, 3.8) is 0 Å². The van der Waals surface area contributed by atoms with Gasteiger partial charge in [-0.1, -0.05) is 22.0 Å². The van der Waals surface area contributed by atoms with Crippen LogP contribution in [0.15, 0.2) is 71.6 Å². The molecule has 0 fully saturated rings. The maximum Gasteiger partial charge on any atom is 0.373 e. The van der Waals surface area contributed by atoms with Crippen LogP contribution < -0.4 is 10.1 Å². The minimum Gasteiger partial charge on any atom is -0.434 e. The van der Waals surface area contributed by atoms with Crippen molar-refractivity contribution in [3.8, 4) is 11.6 Å². The van der Waals surface area contributed by atoms with E-state index in [9.17, 15) is 10.1 Å². The Morgan fingerprint density at radius 1 is 1.00 bits per heavy atom. The minimum atomic E-state index is -0.570. The number of nitrogens with one attached hydrogen (secondary N) is 1. The molecule has 4 aromatic rings. The molecule has 0 saturated heterocycles. The number of pyridine rings is 1. The van der Waals surface area contributed by atoms with Gasteiger partial charge < -0.3 is 10.1 Å². The first-order valence-corrected chi connectivity index (χ1v) is 8.95. The molecule has 0 unspecified atom stereocenters. The highest BCUT2D eigenvalue weighted by Gasteiger charge is 2.25. The van der Waals surface area contributed by atoms with Crippen LogP contribution >= 0.6 is 15.9 Å². The molecular weight excluding hydrogens is 426 g/mol. The van der Waals surface area contributed by atoms with Gasteiger partial charge in [0.15, 0.2) is 0 Å². The molecule has 138 valence electrons. The first kappa shape index (κ1) is 17.8. The van der Waals surface area contributed by atoms with Gasteiger partial charge in [-0.2, -0.15) is 4.98 Å². The van der Waals surface area contributed by atoms with Gasteiger partial charge in [0.1, 0.15) is 12.1 Å².